The summed E-state index contributed by atoms with van der Waals surface area (Å²) in [7, 11) is -3.63. The first kappa shape index (κ1) is 14.9. The van der Waals surface area contributed by atoms with Crippen LogP contribution in [0.3, 0.4) is 0 Å². The number of nitrogen functional groups attached to an aromatic ring is 1. The molecular formula is C14H15BrN2O2S. The summed E-state index contributed by atoms with van der Waals surface area (Å²) in [5.41, 5.74) is 8.47. The summed E-state index contributed by atoms with van der Waals surface area (Å²) in [6.07, 6.45) is 0. The Morgan fingerprint density at radius 1 is 1.15 bits per heavy atom. The predicted octanol–water partition coefficient (Wildman–Crippen LogP) is 3.45. The topological polar surface area (TPSA) is 72.2 Å². The smallest absolute Gasteiger partial charge is 0.261 e. The number of rotatable bonds is 3. The molecule has 20 heavy (non-hydrogen) atoms. The minimum atomic E-state index is -3.63. The van der Waals surface area contributed by atoms with Crippen LogP contribution < -0.4 is 10.5 Å². The monoisotopic (exact) mass is 354 g/mol. The zero-order chi connectivity index (χ0) is 14.9. The third-order valence-corrected chi connectivity index (χ3v) is 4.90. The van der Waals surface area contributed by atoms with Crippen molar-refractivity contribution in [3.8, 4) is 0 Å². The molecule has 3 N–H and O–H groups in total. The summed E-state index contributed by atoms with van der Waals surface area (Å²) < 4.78 is 28.1. The maximum atomic E-state index is 12.4. The molecule has 2 aromatic rings. The Morgan fingerprint density at radius 3 is 2.50 bits per heavy atom. The quantitative estimate of drug-likeness (QED) is 0.829. The molecule has 0 heterocycles. The van der Waals surface area contributed by atoms with Gasteiger partial charge in [-0.1, -0.05) is 28.1 Å². The second-order valence-corrected chi connectivity index (χ2v) is 7.13. The number of nitrogens with two attached hydrogens (primary N) is 1. The van der Waals surface area contributed by atoms with Gasteiger partial charge in [-0.25, -0.2) is 8.42 Å². The van der Waals surface area contributed by atoms with Gasteiger partial charge in [-0.2, -0.15) is 0 Å². The fourth-order valence-corrected chi connectivity index (χ4v) is 3.64. The van der Waals surface area contributed by atoms with Crippen molar-refractivity contribution in [2.75, 3.05) is 10.5 Å². The standard InChI is InChI=1S/C14H15BrN2O2S/c1-9-6-7-13(16)10(2)14(9)17-20(18,19)12-5-3-4-11(15)8-12/h3-8,17H,16H2,1-2H3. The van der Waals surface area contributed by atoms with Crippen LogP contribution in [0.15, 0.2) is 45.8 Å². The fourth-order valence-electron chi connectivity index (χ4n) is 1.85. The molecule has 2 aromatic carbocycles. The number of benzene rings is 2. The molecule has 0 aliphatic carbocycles. The Labute approximate surface area is 127 Å². The van der Waals surface area contributed by atoms with Crippen molar-refractivity contribution in [2.45, 2.75) is 18.7 Å². The molecule has 2 rings (SSSR count). The zero-order valence-corrected chi connectivity index (χ0v) is 13.5. The molecule has 0 unspecified atom stereocenters. The van der Waals surface area contributed by atoms with Crippen molar-refractivity contribution in [2.24, 2.45) is 0 Å². The molecule has 106 valence electrons. The lowest BCUT2D eigenvalue weighted by molar-refractivity contribution is 0.601. The van der Waals surface area contributed by atoms with Gasteiger partial charge in [-0.15, -0.1) is 0 Å². The molecule has 0 saturated heterocycles. The molecule has 0 radical (unpaired) electrons. The van der Waals surface area contributed by atoms with E-state index in [-0.39, 0.29) is 4.90 Å². The van der Waals surface area contributed by atoms with E-state index < -0.39 is 10.0 Å². The van der Waals surface area contributed by atoms with Gasteiger partial charge in [0, 0.05) is 10.2 Å². The van der Waals surface area contributed by atoms with Gasteiger partial charge in [-0.3, -0.25) is 4.72 Å². The molecule has 0 aliphatic heterocycles. The van der Waals surface area contributed by atoms with E-state index in [2.05, 4.69) is 20.7 Å². The highest BCUT2D eigenvalue weighted by Gasteiger charge is 2.17. The van der Waals surface area contributed by atoms with Crippen molar-refractivity contribution in [3.05, 3.63) is 52.0 Å². The predicted molar refractivity (Wildman–Crippen MR) is 85.3 cm³/mol. The molecule has 0 bridgehead atoms. The number of anilines is 2. The molecule has 6 heteroatoms. The first-order valence-electron chi connectivity index (χ1n) is 5.95. The van der Waals surface area contributed by atoms with E-state index in [0.29, 0.717) is 15.8 Å². The lowest BCUT2D eigenvalue weighted by atomic mass is 10.1. The van der Waals surface area contributed by atoms with Crippen molar-refractivity contribution in [1.82, 2.24) is 0 Å². The molecule has 0 fully saturated rings. The van der Waals surface area contributed by atoms with Crippen molar-refractivity contribution >= 4 is 37.3 Å². The number of hydrogen-bond acceptors (Lipinski definition) is 3. The normalized spacial score (nSPS) is 11.3. The Bertz CT molecular complexity index is 758. The van der Waals surface area contributed by atoms with Crippen LogP contribution >= 0.6 is 15.9 Å². The minimum Gasteiger partial charge on any atom is -0.398 e. The number of hydrogen-bond donors (Lipinski definition) is 2. The van der Waals surface area contributed by atoms with Crippen LogP contribution in [0.4, 0.5) is 11.4 Å². The highest BCUT2D eigenvalue weighted by Crippen LogP contribution is 2.28. The third kappa shape index (κ3) is 2.96. The summed E-state index contributed by atoms with van der Waals surface area (Å²) in [5, 5.41) is 0. The number of halogens is 1. The highest BCUT2D eigenvalue weighted by molar-refractivity contribution is 9.10. The third-order valence-electron chi connectivity index (χ3n) is 3.06. The zero-order valence-electron chi connectivity index (χ0n) is 11.1. The number of aryl methyl sites for hydroxylation is 1. The fraction of sp³-hybridized carbons (Fsp3) is 0.143. The molecule has 0 saturated carbocycles. The summed E-state index contributed by atoms with van der Waals surface area (Å²) in [4.78, 5) is 0.202. The summed E-state index contributed by atoms with van der Waals surface area (Å²) in [6, 6.07) is 10.1. The summed E-state index contributed by atoms with van der Waals surface area (Å²) in [5.74, 6) is 0. The molecule has 0 spiro atoms. The van der Waals surface area contributed by atoms with Crippen LogP contribution in [0.1, 0.15) is 11.1 Å². The van der Waals surface area contributed by atoms with E-state index in [1.807, 2.05) is 6.92 Å². The van der Waals surface area contributed by atoms with Crippen molar-refractivity contribution in [3.63, 3.8) is 0 Å². The van der Waals surface area contributed by atoms with E-state index in [4.69, 9.17) is 5.73 Å². The second kappa shape index (κ2) is 5.46. The lowest BCUT2D eigenvalue weighted by Gasteiger charge is -2.15. The molecule has 4 nitrogen and oxygen atoms in total. The first-order valence-corrected chi connectivity index (χ1v) is 8.23. The van der Waals surface area contributed by atoms with Crippen molar-refractivity contribution in [1.29, 1.82) is 0 Å². The van der Waals surface area contributed by atoms with E-state index >= 15 is 0 Å². The Hall–Kier alpha value is -1.53. The maximum Gasteiger partial charge on any atom is 0.261 e. The Kier molecular flexibility index (Phi) is 4.06. The SMILES string of the molecule is Cc1ccc(N)c(C)c1NS(=O)(=O)c1cccc(Br)c1. The molecule has 0 aromatic heterocycles. The van der Waals surface area contributed by atoms with Gasteiger partial charge in [0.05, 0.1) is 10.6 Å². The van der Waals surface area contributed by atoms with E-state index in [1.54, 1.807) is 43.3 Å². The van der Waals surface area contributed by atoms with Gasteiger partial charge in [0.15, 0.2) is 0 Å². The van der Waals surface area contributed by atoms with E-state index in [9.17, 15) is 8.42 Å². The lowest BCUT2D eigenvalue weighted by Crippen LogP contribution is -2.15. The van der Waals surface area contributed by atoms with E-state index in [1.165, 1.54) is 0 Å². The number of sulfonamides is 1. The maximum absolute atomic E-state index is 12.4. The van der Waals surface area contributed by atoms with Gasteiger partial charge in [0.2, 0.25) is 0 Å². The molecule has 0 aliphatic rings. The van der Waals surface area contributed by atoms with Gasteiger partial charge >= 0.3 is 0 Å². The van der Waals surface area contributed by atoms with Crippen molar-refractivity contribution < 1.29 is 8.42 Å². The Morgan fingerprint density at radius 2 is 1.85 bits per heavy atom. The first-order chi connectivity index (χ1) is 9.31. The van der Waals surface area contributed by atoms with E-state index in [0.717, 1.165) is 11.1 Å². The van der Waals surface area contributed by atoms with Gasteiger partial charge in [-0.05, 0) is 49.2 Å². The molecule has 0 atom stereocenters. The second-order valence-electron chi connectivity index (χ2n) is 4.53. The average Bonchev–Trinajstić information content (AvgIpc) is 2.39. The van der Waals surface area contributed by atoms with Crippen LogP contribution in [-0.2, 0) is 10.0 Å². The van der Waals surface area contributed by atoms with Crippen LogP contribution in [0.5, 0.6) is 0 Å². The Balaban J connectivity index is 2.47. The molecule has 0 amide bonds. The van der Waals surface area contributed by atoms with Gasteiger partial charge < -0.3 is 5.73 Å². The van der Waals surface area contributed by atoms with Gasteiger partial charge in [0.25, 0.3) is 10.0 Å². The van der Waals surface area contributed by atoms with Crippen LogP contribution in [-0.4, -0.2) is 8.42 Å². The van der Waals surface area contributed by atoms with Crippen LogP contribution in [0.2, 0.25) is 0 Å². The number of nitrogens with one attached hydrogen (secondary N) is 1. The summed E-state index contributed by atoms with van der Waals surface area (Å²) >= 11 is 3.27. The largest absolute Gasteiger partial charge is 0.398 e. The van der Waals surface area contributed by atoms with Crippen LogP contribution in [0, 0.1) is 13.8 Å². The summed E-state index contributed by atoms with van der Waals surface area (Å²) in [6.45, 7) is 3.63. The van der Waals surface area contributed by atoms with Crippen LogP contribution in [0.25, 0.3) is 0 Å². The average molecular weight is 355 g/mol. The highest BCUT2D eigenvalue weighted by atomic mass is 79.9. The van der Waals surface area contributed by atoms with Gasteiger partial charge in [0.1, 0.15) is 0 Å². The molecular weight excluding hydrogens is 340 g/mol. The minimum absolute atomic E-state index is 0.202.